The fraction of sp³-hybridized carbons (Fsp3) is 0.154. The molecule has 0 saturated heterocycles. The third-order valence-corrected chi connectivity index (χ3v) is 6.15. The minimum absolute atomic E-state index is 0.0613. The molecule has 1 aliphatic heterocycles. The summed E-state index contributed by atoms with van der Waals surface area (Å²) in [6, 6.07) is 6.55. The molecule has 7 nitrogen and oxygen atoms in total. The van der Waals surface area contributed by atoms with Gasteiger partial charge in [-0.2, -0.15) is 4.37 Å². The summed E-state index contributed by atoms with van der Waals surface area (Å²) in [5, 5.41) is 2.71. The highest BCUT2D eigenvalue weighted by Gasteiger charge is 2.29. The molecule has 0 bridgehead atoms. The van der Waals surface area contributed by atoms with E-state index in [9.17, 15) is 13.2 Å². The number of carbonyl (C=O) groups is 1. The Morgan fingerprint density at radius 1 is 1.33 bits per heavy atom. The topological polar surface area (TPSA) is 101 Å². The van der Waals surface area contributed by atoms with Gasteiger partial charge >= 0.3 is 0 Å². The lowest BCUT2D eigenvalue weighted by atomic mass is 10.2. The summed E-state index contributed by atoms with van der Waals surface area (Å²) >= 11 is 12.5. The fourth-order valence-electron chi connectivity index (χ4n) is 2.07. The standard InChI is InChI=1S/C13H10Cl2N4O3S2/c14-9-10(18-23-11(9)15)13(20)17-6-5-16-12-7-3-1-2-4-8(7)24(21,22)19-12/h1-4H,5-6H2,(H,16,19)(H,17,20). The van der Waals surface area contributed by atoms with Crippen molar-refractivity contribution in [3.05, 3.63) is 44.9 Å². The third-order valence-electron chi connectivity index (χ3n) is 3.14. The minimum Gasteiger partial charge on any atom is -0.349 e. The second-order valence-corrected chi connectivity index (χ2v) is 8.11. The Morgan fingerprint density at radius 3 is 2.79 bits per heavy atom. The molecule has 11 heteroatoms. The lowest BCUT2D eigenvalue weighted by Gasteiger charge is -2.02. The van der Waals surface area contributed by atoms with Crippen LogP contribution < -0.4 is 10.0 Å². The molecule has 3 rings (SSSR count). The average molecular weight is 405 g/mol. The Bertz CT molecular complexity index is 940. The van der Waals surface area contributed by atoms with Crippen molar-refractivity contribution in [2.45, 2.75) is 4.90 Å². The minimum atomic E-state index is -3.56. The molecule has 1 amide bonds. The molecule has 0 spiro atoms. The first-order valence-corrected chi connectivity index (χ1v) is 9.67. The highest BCUT2D eigenvalue weighted by atomic mass is 35.5. The number of carbonyl (C=O) groups excluding carboxylic acids is 1. The van der Waals surface area contributed by atoms with Gasteiger partial charge in [0.15, 0.2) is 5.69 Å². The summed E-state index contributed by atoms with van der Waals surface area (Å²) in [5.74, 6) is -0.203. The highest BCUT2D eigenvalue weighted by molar-refractivity contribution is 7.90. The van der Waals surface area contributed by atoms with Crippen molar-refractivity contribution >= 4 is 56.5 Å². The summed E-state index contributed by atoms with van der Waals surface area (Å²) in [7, 11) is -3.56. The number of benzene rings is 1. The maximum Gasteiger partial charge on any atom is 0.272 e. The molecule has 1 aliphatic rings. The van der Waals surface area contributed by atoms with Crippen LogP contribution >= 0.6 is 34.7 Å². The van der Waals surface area contributed by atoms with Gasteiger partial charge in [-0.05, 0) is 23.7 Å². The van der Waals surface area contributed by atoms with E-state index < -0.39 is 15.9 Å². The van der Waals surface area contributed by atoms with Crippen LogP contribution in [0.1, 0.15) is 16.1 Å². The highest BCUT2D eigenvalue weighted by Crippen LogP contribution is 2.29. The first kappa shape index (κ1) is 17.2. The molecular weight excluding hydrogens is 395 g/mol. The van der Waals surface area contributed by atoms with Crippen LogP contribution in [0.2, 0.25) is 9.36 Å². The zero-order valence-electron chi connectivity index (χ0n) is 11.9. The van der Waals surface area contributed by atoms with Crippen LogP contribution in [0.5, 0.6) is 0 Å². The van der Waals surface area contributed by atoms with Crippen LogP contribution in [0.15, 0.2) is 34.2 Å². The van der Waals surface area contributed by atoms with Crippen molar-refractivity contribution in [3.63, 3.8) is 0 Å². The molecule has 2 aromatic rings. The first-order valence-electron chi connectivity index (χ1n) is 6.65. The number of hydrogen-bond donors (Lipinski definition) is 2. The summed E-state index contributed by atoms with van der Waals surface area (Å²) in [4.78, 5) is 16.3. The number of halogens is 2. The number of aliphatic imine (C=N–C) groups is 1. The fourth-order valence-corrected chi connectivity index (χ4v) is 4.32. The average Bonchev–Trinajstić information content (AvgIpc) is 3.02. The maximum absolute atomic E-state index is 11.9. The van der Waals surface area contributed by atoms with E-state index in [1.54, 1.807) is 18.2 Å². The van der Waals surface area contributed by atoms with Crippen molar-refractivity contribution in [1.29, 1.82) is 0 Å². The van der Waals surface area contributed by atoms with E-state index in [1.807, 2.05) is 0 Å². The van der Waals surface area contributed by atoms with E-state index in [2.05, 4.69) is 19.4 Å². The van der Waals surface area contributed by atoms with Crippen LogP contribution in [-0.2, 0) is 10.0 Å². The number of hydrogen-bond acceptors (Lipinski definition) is 6. The van der Waals surface area contributed by atoms with Crippen LogP contribution in [0.25, 0.3) is 0 Å². The summed E-state index contributed by atoms with van der Waals surface area (Å²) in [6.45, 7) is 0.380. The van der Waals surface area contributed by atoms with Crippen molar-refractivity contribution in [2.24, 2.45) is 4.99 Å². The molecule has 2 N–H and O–H groups in total. The van der Waals surface area contributed by atoms with Crippen LogP contribution in [0.3, 0.4) is 0 Å². The van der Waals surface area contributed by atoms with E-state index in [0.29, 0.717) is 5.56 Å². The quantitative estimate of drug-likeness (QED) is 0.759. The molecular formula is C13H10Cl2N4O3S2. The predicted octanol–water partition coefficient (Wildman–Crippen LogP) is 1.92. The van der Waals surface area contributed by atoms with Crippen LogP contribution in [-0.4, -0.2) is 37.6 Å². The van der Waals surface area contributed by atoms with E-state index >= 15 is 0 Å². The molecule has 0 fully saturated rings. The number of nitrogens with one attached hydrogen (secondary N) is 2. The maximum atomic E-state index is 11.9. The summed E-state index contributed by atoms with van der Waals surface area (Å²) in [6.07, 6.45) is 0. The van der Waals surface area contributed by atoms with Crippen molar-refractivity contribution in [1.82, 2.24) is 14.4 Å². The smallest absolute Gasteiger partial charge is 0.272 e. The van der Waals surface area contributed by atoms with Gasteiger partial charge in [0.05, 0.1) is 11.4 Å². The number of rotatable bonds is 4. The predicted molar refractivity (Wildman–Crippen MR) is 92.6 cm³/mol. The second-order valence-electron chi connectivity index (χ2n) is 4.71. The molecule has 0 unspecified atom stereocenters. The Balaban J connectivity index is 1.64. The summed E-state index contributed by atoms with van der Waals surface area (Å²) in [5.41, 5.74) is 0.574. The third kappa shape index (κ3) is 3.25. The molecule has 1 aromatic heterocycles. The van der Waals surface area contributed by atoms with Gasteiger partial charge in [-0.15, -0.1) is 0 Å². The van der Waals surface area contributed by atoms with E-state index in [-0.39, 0.29) is 38.9 Å². The lowest BCUT2D eigenvalue weighted by Crippen LogP contribution is -2.28. The van der Waals surface area contributed by atoms with Gasteiger partial charge in [-0.3, -0.25) is 14.5 Å². The van der Waals surface area contributed by atoms with Gasteiger partial charge < -0.3 is 5.32 Å². The molecule has 0 aliphatic carbocycles. The van der Waals surface area contributed by atoms with Gasteiger partial charge in [0, 0.05) is 12.1 Å². The molecule has 1 aromatic carbocycles. The Morgan fingerprint density at radius 2 is 2.08 bits per heavy atom. The van der Waals surface area contributed by atoms with E-state index in [0.717, 1.165) is 11.5 Å². The second kappa shape index (κ2) is 6.67. The van der Waals surface area contributed by atoms with E-state index in [4.69, 9.17) is 23.2 Å². The zero-order valence-corrected chi connectivity index (χ0v) is 15.1. The Kier molecular flexibility index (Phi) is 4.77. The molecule has 126 valence electrons. The van der Waals surface area contributed by atoms with Gasteiger partial charge in [-0.1, -0.05) is 35.3 Å². The number of aromatic nitrogens is 1. The van der Waals surface area contributed by atoms with Crippen molar-refractivity contribution < 1.29 is 13.2 Å². The van der Waals surface area contributed by atoms with Crippen molar-refractivity contribution in [3.8, 4) is 0 Å². The number of amides is 1. The molecule has 0 saturated carbocycles. The molecule has 2 heterocycles. The normalized spacial score (nSPS) is 16.7. The lowest BCUT2D eigenvalue weighted by molar-refractivity contribution is 0.0951. The number of fused-ring (bicyclic) bond motifs is 1. The Labute approximate surface area is 151 Å². The summed E-state index contributed by atoms with van der Waals surface area (Å²) < 4.78 is 30.4. The monoisotopic (exact) mass is 404 g/mol. The van der Waals surface area contributed by atoms with Crippen molar-refractivity contribution in [2.75, 3.05) is 13.1 Å². The van der Waals surface area contributed by atoms with Gasteiger partial charge in [0.25, 0.3) is 15.9 Å². The molecule has 24 heavy (non-hydrogen) atoms. The van der Waals surface area contributed by atoms with Gasteiger partial charge in [0.2, 0.25) is 0 Å². The van der Waals surface area contributed by atoms with Gasteiger partial charge in [-0.25, -0.2) is 8.42 Å². The molecule has 0 radical (unpaired) electrons. The van der Waals surface area contributed by atoms with Crippen LogP contribution in [0.4, 0.5) is 0 Å². The number of amidine groups is 1. The SMILES string of the molecule is O=C(NCCN=C1NS(=O)(=O)c2ccccc21)c1nsc(Cl)c1Cl. The van der Waals surface area contributed by atoms with Gasteiger partial charge in [0.1, 0.15) is 15.2 Å². The van der Waals surface area contributed by atoms with E-state index in [1.165, 1.54) is 6.07 Å². The van der Waals surface area contributed by atoms with Crippen LogP contribution in [0, 0.1) is 0 Å². The Hall–Kier alpha value is -1.68. The largest absolute Gasteiger partial charge is 0.349 e. The number of nitrogens with zero attached hydrogens (tertiary/aromatic N) is 2. The number of sulfonamides is 1. The first-order chi connectivity index (χ1) is 11.4. The zero-order chi connectivity index (χ0) is 17.3. The molecule has 0 atom stereocenters.